The Kier molecular flexibility index (Phi) is 3.37. The molecule has 1 saturated carbocycles. The van der Waals surface area contributed by atoms with Gasteiger partial charge in [-0.3, -0.25) is 4.90 Å². The van der Waals surface area contributed by atoms with Crippen molar-refractivity contribution in [3.05, 3.63) is 42.0 Å². The van der Waals surface area contributed by atoms with Crippen molar-refractivity contribution in [2.75, 3.05) is 25.0 Å². The van der Waals surface area contributed by atoms with E-state index >= 15 is 0 Å². The summed E-state index contributed by atoms with van der Waals surface area (Å²) >= 11 is 0. The van der Waals surface area contributed by atoms with Gasteiger partial charge in [-0.25, -0.2) is 0 Å². The largest absolute Gasteiger partial charge is 0.352 e. The molecule has 3 aromatic rings. The highest BCUT2D eigenvalue weighted by Crippen LogP contribution is 2.38. The minimum atomic E-state index is 0.523. The van der Waals surface area contributed by atoms with Gasteiger partial charge >= 0.3 is 0 Å². The van der Waals surface area contributed by atoms with E-state index < -0.39 is 0 Å². The Hall–Kier alpha value is -2.61. The van der Waals surface area contributed by atoms with Crippen LogP contribution in [-0.4, -0.2) is 61.1 Å². The minimum absolute atomic E-state index is 0.523. The predicted molar refractivity (Wildman–Crippen MR) is 92.3 cm³/mol. The Morgan fingerprint density at radius 2 is 2.00 bits per heavy atom. The predicted octanol–water partition coefficient (Wildman–Crippen LogP) is 1.11. The topological polar surface area (TPSA) is 75.3 Å². The smallest absolute Gasteiger partial charge is 0.178 e. The third kappa shape index (κ3) is 2.72. The van der Waals surface area contributed by atoms with Gasteiger partial charge in [0.2, 0.25) is 0 Å². The van der Waals surface area contributed by atoms with Crippen LogP contribution in [0.25, 0.3) is 5.65 Å². The number of nitrogens with zero attached hydrogens (tertiary/aromatic N) is 8. The van der Waals surface area contributed by atoms with E-state index in [4.69, 9.17) is 5.10 Å². The van der Waals surface area contributed by atoms with Gasteiger partial charge in [-0.2, -0.15) is 14.7 Å². The molecule has 5 rings (SSSR count). The molecule has 8 nitrogen and oxygen atoms in total. The Morgan fingerprint density at radius 1 is 1.12 bits per heavy atom. The van der Waals surface area contributed by atoms with Crippen LogP contribution in [0.1, 0.15) is 30.1 Å². The molecule has 1 aliphatic carbocycles. The fraction of sp³-hybridized carbons (Fsp3) is 0.471. The highest BCUT2D eigenvalue weighted by Gasteiger charge is 2.32. The first kappa shape index (κ1) is 14.7. The molecule has 8 heteroatoms. The van der Waals surface area contributed by atoms with Crippen molar-refractivity contribution in [2.24, 2.45) is 0 Å². The standard InChI is InChI=1S/C17H20N8/c1-23(9-12-6-7-18-19-8-12)14-10-24(11-14)16-5-4-15-20-21-17(13-2-3-13)25(15)22-16/h4-8,13-14H,2-3,9-11H2,1H3. The molecule has 2 aliphatic rings. The molecule has 0 radical (unpaired) electrons. The Balaban J connectivity index is 1.27. The van der Waals surface area contributed by atoms with Crippen LogP contribution in [0, 0.1) is 0 Å². The van der Waals surface area contributed by atoms with E-state index in [0.717, 1.165) is 36.9 Å². The van der Waals surface area contributed by atoms with Gasteiger partial charge < -0.3 is 4.90 Å². The molecule has 0 bridgehead atoms. The van der Waals surface area contributed by atoms with Crippen molar-refractivity contribution in [1.82, 2.24) is 34.9 Å². The number of likely N-dealkylation sites (N-methyl/N-ethyl adjacent to an activating group) is 1. The molecule has 25 heavy (non-hydrogen) atoms. The second kappa shape index (κ2) is 5.73. The lowest BCUT2D eigenvalue weighted by Crippen LogP contribution is -2.58. The average molecular weight is 336 g/mol. The summed E-state index contributed by atoms with van der Waals surface area (Å²) in [4.78, 5) is 4.67. The molecule has 0 N–H and O–H groups in total. The van der Waals surface area contributed by atoms with Gasteiger partial charge in [-0.05, 0) is 43.7 Å². The Labute approximate surface area is 145 Å². The van der Waals surface area contributed by atoms with Crippen LogP contribution >= 0.6 is 0 Å². The van der Waals surface area contributed by atoms with E-state index in [9.17, 15) is 0 Å². The number of hydrogen-bond donors (Lipinski definition) is 0. The molecule has 3 aromatic heterocycles. The summed E-state index contributed by atoms with van der Waals surface area (Å²) in [6, 6.07) is 6.60. The first-order chi connectivity index (χ1) is 12.3. The summed E-state index contributed by atoms with van der Waals surface area (Å²) in [7, 11) is 2.16. The van der Waals surface area contributed by atoms with E-state index in [1.807, 2.05) is 28.9 Å². The van der Waals surface area contributed by atoms with E-state index in [-0.39, 0.29) is 0 Å². The molecule has 0 amide bonds. The number of hydrogen-bond acceptors (Lipinski definition) is 7. The van der Waals surface area contributed by atoms with E-state index in [1.54, 1.807) is 6.20 Å². The SMILES string of the molecule is CN(Cc1ccnnc1)C1CN(c2ccc3nnc(C4CC4)n3n2)C1. The quantitative estimate of drug-likeness (QED) is 0.691. The van der Waals surface area contributed by atoms with Crippen molar-refractivity contribution in [3.8, 4) is 0 Å². The van der Waals surface area contributed by atoms with Crippen molar-refractivity contribution < 1.29 is 0 Å². The zero-order chi connectivity index (χ0) is 16.8. The highest BCUT2D eigenvalue weighted by molar-refractivity contribution is 5.48. The van der Waals surface area contributed by atoms with Crippen molar-refractivity contribution in [3.63, 3.8) is 0 Å². The summed E-state index contributed by atoms with van der Waals surface area (Å²) in [5, 5.41) is 21.1. The van der Waals surface area contributed by atoms with Crippen LogP contribution in [0.15, 0.2) is 30.6 Å². The molecular weight excluding hydrogens is 316 g/mol. The second-order valence-corrected chi connectivity index (χ2v) is 7.02. The maximum Gasteiger partial charge on any atom is 0.178 e. The van der Waals surface area contributed by atoms with Gasteiger partial charge in [0.05, 0.1) is 6.20 Å². The van der Waals surface area contributed by atoms with Crippen molar-refractivity contribution in [1.29, 1.82) is 0 Å². The Bertz CT molecular complexity index is 882. The summed E-state index contributed by atoms with van der Waals surface area (Å²) in [5.74, 6) is 2.56. The van der Waals surface area contributed by atoms with E-state index in [2.05, 4.69) is 37.2 Å². The summed E-state index contributed by atoms with van der Waals surface area (Å²) < 4.78 is 1.92. The zero-order valence-electron chi connectivity index (χ0n) is 14.2. The first-order valence-corrected chi connectivity index (χ1v) is 8.71. The molecule has 2 fully saturated rings. The van der Waals surface area contributed by atoms with Gasteiger partial charge in [0.25, 0.3) is 0 Å². The summed E-state index contributed by atoms with van der Waals surface area (Å²) in [5.41, 5.74) is 2.03. The van der Waals surface area contributed by atoms with Crippen LogP contribution in [0.4, 0.5) is 5.82 Å². The third-order valence-corrected chi connectivity index (χ3v) is 5.10. The Morgan fingerprint density at radius 3 is 2.76 bits per heavy atom. The normalized spacial score (nSPS) is 18.1. The molecule has 1 saturated heterocycles. The van der Waals surface area contributed by atoms with Gasteiger partial charge in [-0.1, -0.05) is 0 Å². The summed E-state index contributed by atoms with van der Waals surface area (Å²) in [6.45, 7) is 2.85. The number of anilines is 1. The second-order valence-electron chi connectivity index (χ2n) is 7.02. The fourth-order valence-corrected chi connectivity index (χ4v) is 3.31. The molecule has 0 aromatic carbocycles. The lowest BCUT2D eigenvalue weighted by atomic mass is 10.1. The average Bonchev–Trinajstić information content (AvgIpc) is 3.34. The zero-order valence-corrected chi connectivity index (χ0v) is 14.2. The molecule has 0 unspecified atom stereocenters. The van der Waals surface area contributed by atoms with Crippen molar-refractivity contribution in [2.45, 2.75) is 31.3 Å². The highest BCUT2D eigenvalue weighted by atomic mass is 15.4. The third-order valence-electron chi connectivity index (χ3n) is 5.10. The fourth-order valence-electron chi connectivity index (χ4n) is 3.31. The summed E-state index contributed by atoms with van der Waals surface area (Å²) in [6.07, 6.45) is 5.97. The molecule has 0 atom stereocenters. The van der Waals surface area contributed by atoms with Gasteiger partial charge in [-0.15, -0.1) is 15.3 Å². The lowest BCUT2D eigenvalue weighted by molar-refractivity contribution is 0.196. The van der Waals surface area contributed by atoms with Crippen LogP contribution in [0.5, 0.6) is 0 Å². The molecule has 0 spiro atoms. The van der Waals surface area contributed by atoms with E-state index in [1.165, 1.54) is 18.4 Å². The molecule has 128 valence electrons. The van der Waals surface area contributed by atoms with Crippen LogP contribution < -0.4 is 4.90 Å². The van der Waals surface area contributed by atoms with Gasteiger partial charge in [0.15, 0.2) is 11.5 Å². The van der Waals surface area contributed by atoms with Crippen LogP contribution in [0.2, 0.25) is 0 Å². The maximum absolute atomic E-state index is 4.78. The van der Waals surface area contributed by atoms with Crippen LogP contribution in [-0.2, 0) is 6.54 Å². The monoisotopic (exact) mass is 336 g/mol. The molecule has 1 aliphatic heterocycles. The van der Waals surface area contributed by atoms with Gasteiger partial charge in [0.1, 0.15) is 5.82 Å². The van der Waals surface area contributed by atoms with Crippen molar-refractivity contribution >= 4 is 11.5 Å². The number of aromatic nitrogens is 6. The molecule has 4 heterocycles. The lowest BCUT2D eigenvalue weighted by Gasteiger charge is -2.44. The number of fused-ring (bicyclic) bond motifs is 1. The van der Waals surface area contributed by atoms with Crippen LogP contribution in [0.3, 0.4) is 0 Å². The molecular formula is C17H20N8. The minimum Gasteiger partial charge on any atom is -0.352 e. The first-order valence-electron chi connectivity index (χ1n) is 8.71. The van der Waals surface area contributed by atoms with E-state index in [0.29, 0.717) is 12.0 Å². The van der Waals surface area contributed by atoms with Gasteiger partial charge in [0, 0.05) is 37.8 Å². The number of rotatable bonds is 5. The maximum atomic E-state index is 4.78.